The highest BCUT2D eigenvalue weighted by Gasteiger charge is 2.18. The van der Waals surface area contributed by atoms with Crippen LogP contribution in [-0.4, -0.2) is 36.7 Å². The van der Waals surface area contributed by atoms with Crippen LogP contribution in [0.5, 0.6) is 0 Å². The van der Waals surface area contributed by atoms with Crippen LogP contribution in [0.2, 0.25) is 5.02 Å². The van der Waals surface area contributed by atoms with Gasteiger partial charge in [0.2, 0.25) is 0 Å². The first-order chi connectivity index (χ1) is 9.47. The summed E-state index contributed by atoms with van der Waals surface area (Å²) in [7, 11) is 0. The van der Waals surface area contributed by atoms with E-state index >= 15 is 0 Å². The Morgan fingerprint density at radius 2 is 2.25 bits per heavy atom. The Bertz CT molecular complexity index is 525. The summed E-state index contributed by atoms with van der Waals surface area (Å²) in [5, 5.41) is -0.245. The van der Waals surface area contributed by atoms with Gasteiger partial charge in [-0.1, -0.05) is 11.6 Å². The monoisotopic (exact) mass is 303 g/mol. The minimum Gasteiger partial charge on any atom is -0.375 e. The van der Waals surface area contributed by atoms with Gasteiger partial charge in [0.15, 0.2) is 5.96 Å². The van der Waals surface area contributed by atoms with E-state index in [0.29, 0.717) is 25.7 Å². The molecule has 7 heteroatoms. The van der Waals surface area contributed by atoms with Gasteiger partial charge >= 0.3 is 0 Å². The molecular weight excluding hydrogens is 288 g/mol. The molecule has 0 aromatic heterocycles. The van der Waals surface area contributed by atoms with Gasteiger partial charge in [-0.25, -0.2) is 13.8 Å². The summed E-state index contributed by atoms with van der Waals surface area (Å²) in [5.41, 5.74) is 5.98. The van der Waals surface area contributed by atoms with Crippen LogP contribution in [0.3, 0.4) is 0 Å². The van der Waals surface area contributed by atoms with Crippen LogP contribution >= 0.6 is 11.6 Å². The molecule has 1 aliphatic rings. The van der Waals surface area contributed by atoms with Crippen LogP contribution in [0.25, 0.3) is 0 Å². The molecular formula is C13H16ClF2N3O. The van der Waals surface area contributed by atoms with Gasteiger partial charge in [-0.3, -0.25) is 0 Å². The Labute approximate surface area is 121 Å². The van der Waals surface area contributed by atoms with E-state index in [-0.39, 0.29) is 23.2 Å². The number of aliphatic imine (C=N–C) groups is 1. The van der Waals surface area contributed by atoms with E-state index < -0.39 is 11.6 Å². The van der Waals surface area contributed by atoms with E-state index in [1.807, 2.05) is 11.8 Å². The number of nitrogens with zero attached hydrogens (tertiary/aromatic N) is 2. The maximum absolute atomic E-state index is 13.6. The lowest BCUT2D eigenvalue weighted by Crippen LogP contribution is -2.47. The molecule has 110 valence electrons. The van der Waals surface area contributed by atoms with Crippen molar-refractivity contribution in [1.82, 2.24) is 4.90 Å². The quantitative estimate of drug-likeness (QED) is 0.517. The lowest BCUT2D eigenvalue weighted by Gasteiger charge is -2.31. The molecule has 1 aromatic carbocycles. The molecule has 1 atom stereocenters. The molecule has 1 fully saturated rings. The number of rotatable bonds is 2. The number of hydrogen-bond acceptors (Lipinski definition) is 2. The SMILES string of the molecule is CC1CN(C(N)=NCc2cc(F)c(Cl)cc2F)CCO1. The molecule has 1 aliphatic heterocycles. The summed E-state index contributed by atoms with van der Waals surface area (Å²) >= 11 is 5.49. The predicted octanol–water partition coefficient (Wildman–Crippen LogP) is 2.15. The molecule has 4 nitrogen and oxygen atoms in total. The average molecular weight is 304 g/mol. The molecule has 0 saturated carbocycles. The number of benzene rings is 1. The standard InChI is InChI=1S/C13H16ClF2N3O/c1-8-7-19(2-3-20-8)13(17)18-6-9-4-12(16)10(14)5-11(9)15/h4-5,8H,2-3,6-7H2,1H3,(H2,17,18). The molecule has 20 heavy (non-hydrogen) atoms. The van der Waals surface area contributed by atoms with E-state index in [4.69, 9.17) is 22.1 Å². The largest absolute Gasteiger partial charge is 0.375 e. The summed E-state index contributed by atoms with van der Waals surface area (Å²) in [6.07, 6.45) is 0.0715. The highest BCUT2D eigenvalue weighted by Crippen LogP contribution is 2.20. The Kier molecular flexibility index (Phi) is 4.77. The fourth-order valence-electron chi connectivity index (χ4n) is 1.98. The Hall–Kier alpha value is -1.40. The third-order valence-corrected chi connectivity index (χ3v) is 3.36. The number of guanidine groups is 1. The Morgan fingerprint density at radius 3 is 2.95 bits per heavy atom. The first-order valence-corrected chi connectivity index (χ1v) is 6.65. The smallest absolute Gasteiger partial charge is 0.191 e. The summed E-state index contributed by atoms with van der Waals surface area (Å²) in [6, 6.07) is 1.98. The van der Waals surface area contributed by atoms with Crippen molar-refractivity contribution in [3.8, 4) is 0 Å². The molecule has 2 N–H and O–H groups in total. The van der Waals surface area contributed by atoms with Crippen molar-refractivity contribution in [2.45, 2.75) is 19.6 Å². The van der Waals surface area contributed by atoms with Gasteiger partial charge in [0, 0.05) is 18.7 Å². The van der Waals surface area contributed by atoms with E-state index in [9.17, 15) is 8.78 Å². The molecule has 1 aromatic rings. The van der Waals surface area contributed by atoms with Crippen molar-refractivity contribution in [1.29, 1.82) is 0 Å². The number of morpholine rings is 1. The van der Waals surface area contributed by atoms with Gasteiger partial charge in [0.05, 0.1) is 24.3 Å². The number of nitrogens with two attached hydrogens (primary N) is 1. The van der Waals surface area contributed by atoms with Crippen LogP contribution < -0.4 is 5.73 Å². The maximum atomic E-state index is 13.6. The molecule has 0 aliphatic carbocycles. The highest BCUT2D eigenvalue weighted by atomic mass is 35.5. The first kappa shape index (κ1) is 15.0. The van der Waals surface area contributed by atoms with Gasteiger partial charge in [-0.15, -0.1) is 0 Å². The zero-order valence-electron chi connectivity index (χ0n) is 11.1. The molecule has 1 unspecified atom stereocenters. The second kappa shape index (κ2) is 6.37. The van der Waals surface area contributed by atoms with Gasteiger partial charge < -0.3 is 15.4 Å². The van der Waals surface area contributed by atoms with Crippen LogP contribution in [0.4, 0.5) is 8.78 Å². The Balaban J connectivity index is 2.06. The van der Waals surface area contributed by atoms with Crippen molar-refractivity contribution >= 4 is 17.6 Å². The van der Waals surface area contributed by atoms with Crippen molar-refractivity contribution in [2.24, 2.45) is 10.7 Å². The molecule has 1 heterocycles. The van der Waals surface area contributed by atoms with E-state index in [1.54, 1.807) is 0 Å². The first-order valence-electron chi connectivity index (χ1n) is 6.27. The second-order valence-electron chi connectivity index (χ2n) is 4.66. The average Bonchev–Trinajstić information content (AvgIpc) is 2.41. The molecule has 2 rings (SSSR count). The van der Waals surface area contributed by atoms with Crippen molar-refractivity contribution in [3.63, 3.8) is 0 Å². The summed E-state index contributed by atoms with van der Waals surface area (Å²) in [4.78, 5) is 5.96. The summed E-state index contributed by atoms with van der Waals surface area (Å²) in [5.74, 6) is -0.963. The van der Waals surface area contributed by atoms with Crippen LogP contribution in [-0.2, 0) is 11.3 Å². The van der Waals surface area contributed by atoms with Crippen LogP contribution in [0.1, 0.15) is 12.5 Å². The molecule has 0 spiro atoms. The van der Waals surface area contributed by atoms with E-state index in [1.165, 1.54) is 0 Å². The van der Waals surface area contributed by atoms with Crippen LogP contribution in [0.15, 0.2) is 17.1 Å². The molecule has 0 amide bonds. The fourth-order valence-corrected chi connectivity index (χ4v) is 2.13. The molecule has 1 saturated heterocycles. The third-order valence-electron chi connectivity index (χ3n) is 3.07. The highest BCUT2D eigenvalue weighted by molar-refractivity contribution is 6.30. The van der Waals surface area contributed by atoms with E-state index in [2.05, 4.69) is 4.99 Å². The third kappa shape index (κ3) is 3.58. The minimum atomic E-state index is -0.670. The maximum Gasteiger partial charge on any atom is 0.191 e. The zero-order chi connectivity index (χ0) is 14.7. The summed E-state index contributed by atoms with van der Waals surface area (Å²) in [6.45, 7) is 3.75. The minimum absolute atomic E-state index is 0.0303. The van der Waals surface area contributed by atoms with Gasteiger partial charge in [0.25, 0.3) is 0 Å². The molecule has 0 bridgehead atoms. The van der Waals surface area contributed by atoms with Crippen molar-refractivity contribution in [2.75, 3.05) is 19.7 Å². The van der Waals surface area contributed by atoms with Crippen LogP contribution in [0, 0.1) is 11.6 Å². The Morgan fingerprint density at radius 1 is 1.50 bits per heavy atom. The molecule has 0 radical (unpaired) electrons. The lowest BCUT2D eigenvalue weighted by molar-refractivity contribution is 0.00528. The van der Waals surface area contributed by atoms with Crippen molar-refractivity contribution in [3.05, 3.63) is 34.4 Å². The predicted molar refractivity (Wildman–Crippen MR) is 73.7 cm³/mol. The van der Waals surface area contributed by atoms with Crippen molar-refractivity contribution < 1.29 is 13.5 Å². The number of halogens is 3. The second-order valence-corrected chi connectivity index (χ2v) is 5.07. The summed E-state index contributed by atoms with van der Waals surface area (Å²) < 4.78 is 32.3. The fraction of sp³-hybridized carbons (Fsp3) is 0.462. The van der Waals surface area contributed by atoms with E-state index in [0.717, 1.165) is 12.1 Å². The van der Waals surface area contributed by atoms with Gasteiger partial charge in [0.1, 0.15) is 11.6 Å². The topological polar surface area (TPSA) is 50.8 Å². The number of hydrogen-bond donors (Lipinski definition) is 1. The zero-order valence-corrected chi connectivity index (χ0v) is 11.8. The van der Waals surface area contributed by atoms with Gasteiger partial charge in [-0.2, -0.15) is 0 Å². The lowest BCUT2D eigenvalue weighted by atomic mass is 10.2. The number of ether oxygens (including phenoxy) is 1. The normalized spacial score (nSPS) is 20.3. The van der Waals surface area contributed by atoms with Gasteiger partial charge in [-0.05, 0) is 19.1 Å².